The lowest BCUT2D eigenvalue weighted by molar-refractivity contribution is -0.211. The Kier molecular flexibility index (Phi) is 12.8. The van der Waals surface area contributed by atoms with E-state index in [1.807, 2.05) is 0 Å². The molecule has 0 unspecified atom stereocenters. The van der Waals surface area contributed by atoms with Crippen LogP contribution in [0.5, 0.6) is 0 Å². The largest absolute Gasteiger partial charge is 0.379 e. The second-order valence-corrected chi connectivity index (χ2v) is 6.67. The summed E-state index contributed by atoms with van der Waals surface area (Å²) in [6.45, 7) is 10.5. The minimum atomic E-state index is -0.0858. The normalized spacial score (nSPS) is 27.5. The minimum absolute atomic E-state index is 0.00642. The van der Waals surface area contributed by atoms with E-state index in [0.717, 1.165) is 58.3 Å². The molecule has 1 fully saturated rings. The third-order valence-corrected chi connectivity index (χ3v) is 4.52. The first-order valence-corrected chi connectivity index (χ1v) is 9.90. The lowest BCUT2D eigenvalue weighted by Gasteiger charge is -2.42. The van der Waals surface area contributed by atoms with Crippen LogP contribution in [-0.4, -0.2) is 57.9 Å². The van der Waals surface area contributed by atoms with Gasteiger partial charge in [-0.25, -0.2) is 0 Å². The first kappa shape index (κ1) is 21.8. The number of nitrogens with two attached hydrogens (primary N) is 1. The monoisotopic (exact) mass is 345 g/mol. The van der Waals surface area contributed by atoms with Crippen molar-refractivity contribution in [3.05, 3.63) is 0 Å². The predicted octanol–water partition coefficient (Wildman–Crippen LogP) is 3.15. The van der Waals surface area contributed by atoms with Crippen molar-refractivity contribution >= 4 is 0 Å². The molecule has 5 nitrogen and oxygen atoms in total. The van der Waals surface area contributed by atoms with Crippen LogP contribution in [-0.2, 0) is 18.9 Å². The van der Waals surface area contributed by atoms with Crippen molar-refractivity contribution in [2.45, 2.75) is 77.6 Å². The molecule has 1 heterocycles. The molecule has 0 bridgehead atoms. The summed E-state index contributed by atoms with van der Waals surface area (Å²) in [6, 6.07) is 0. The van der Waals surface area contributed by atoms with Crippen molar-refractivity contribution in [1.82, 2.24) is 0 Å². The van der Waals surface area contributed by atoms with Crippen LogP contribution >= 0.6 is 0 Å². The molecular weight excluding hydrogens is 306 g/mol. The smallest absolute Gasteiger partial charge is 0.112 e. The van der Waals surface area contributed by atoms with Crippen molar-refractivity contribution in [2.24, 2.45) is 11.7 Å². The van der Waals surface area contributed by atoms with Crippen molar-refractivity contribution in [3.63, 3.8) is 0 Å². The highest BCUT2D eigenvalue weighted by atomic mass is 16.6. The molecule has 0 aliphatic carbocycles. The average molecular weight is 346 g/mol. The van der Waals surface area contributed by atoms with Gasteiger partial charge in [-0.1, -0.05) is 40.0 Å². The summed E-state index contributed by atoms with van der Waals surface area (Å²) in [4.78, 5) is 0. The Hall–Kier alpha value is -0.200. The van der Waals surface area contributed by atoms with Crippen LogP contribution in [0.4, 0.5) is 0 Å². The van der Waals surface area contributed by atoms with Crippen LogP contribution < -0.4 is 5.73 Å². The molecule has 0 aromatic rings. The van der Waals surface area contributed by atoms with E-state index in [1.54, 1.807) is 0 Å². The van der Waals surface area contributed by atoms with Gasteiger partial charge in [0.05, 0.1) is 19.3 Å². The maximum atomic E-state index is 6.19. The number of hydrogen-bond donors (Lipinski definition) is 1. The Bertz CT molecular complexity index is 291. The fourth-order valence-corrected chi connectivity index (χ4v) is 2.87. The number of ether oxygens (including phenoxy) is 4. The van der Waals surface area contributed by atoms with Crippen molar-refractivity contribution in [1.29, 1.82) is 0 Å². The van der Waals surface area contributed by atoms with E-state index < -0.39 is 0 Å². The highest BCUT2D eigenvalue weighted by Crippen LogP contribution is 2.26. The van der Waals surface area contributed by atoms with Crippen molar-refractivity contribution < 1.29 is 18.9 Å². The summed E-state index contributed by atoms with van der Waals surface area (Å²) in [6.07, 6.45) is 6.44. The summed E-state index contributed by atoms with van der Waals surface area (Å²) < 4.78 is 24.2. The summed E-state index contributed by atoms with van der Waals surface area (Å²) in [5.41, 5.74) is 5.95. The van der Waals surface area contributed by atoms with Crippen LogP contribution in [0.3, 0.4) is 0 Å². The average Bonchev–Trinajstić information content (AvgIpc) is 2.60. The Balaban J connectivity index is 2.64. The zero-order valence-corrected chi connectivity index (χ0v) is 16.0. The van der Waals surface area contributed by atoms with Gasteiger partial charge < -0.3 is 24.7 Å². The van der Waals surface area contributed by atoms with E-state index in [4.69, 9.17) is 24.7 Å². The molecule has 1 saturated heterocycles. The highest BCUT2D eigenvalue weighted by Gasteiger charge is 2.41. The van der Waals surface area contributed by atoms with E-state index in [-0.39, 0.29) is 24.2 Å². The van der Waals surface area contributed by atoms with Crippen LogP contribution in [0.1, 0.15) is 59.3 Å². The molecular formula is C19H39NO4. The van der Waals surface area contributed by atoms with Gasteiger partial charge in [0.15, 0.2) is 0 Å². The molecule has 0 spiro atoms. The van der Waals surface area contributed by atoms with Gasteiger partial charge in [0.1, 0.15) is 12.2 Å². The van der Waals surface area contributed by atoms with E-state index in [1.165, 1.54) is 0 Å². The summed E-state index contributed by atoms with van der Waals surface area (Å²) in [5.74, 6) is 0.195. The zero-order chi connectivity index (χ0) is 17.6. The van der Waals surface area contributed by atoms with Gasteiger partial charge in [0.25, 0.3) is 0 Å². The molecule has 0 saturated carbocycles. The van der Waals surface area contributed by atoms with Gasteiger partial charge in [-0.15, -0.1) is 0 Å². The van der Waals surface area contributed by atoms with Gasteiger partial charge in [-0.2, -0.15) is 0 Å². The second-order valence-electron chi connectivity index (χ2n) is 6.67. The van der Waals surface area contributed by atoms with Gasteiger partial charge in [-0.05, 0) is 25.8 Å². The second kappa shape index (κ2) is 14.0. The van der Waals surface area contributed by atoms with Gasteiger partial charge in [-0.3, -0.25) is 0 Å². The lowest BCUT2D eigenvalue weighted by Crippen LogP contribution is -2.56. The highest BCUT2D eigenvalue weighted by molar-refractivity contribution is 4.90. The molecule has 1 aliphatic rings. The molecule has 5 heteroatoms. The van der Waals surface area contributed by atoms with Crippen LogP contribution in [0.2, 0.25) is 0 Å². The molecule has 1 aliphatic heterocycles. The van der Waals surface area contributed by atoms with Gasteiger partial charge in [0, 0.05) is 25.7 Å². The zero-order valence-electron chi connectivity index (χ0n) is 16.0. The predicted molar refractivity (Wildman–Crippen MR) is 97.3 cm³/mol. The first-order chi connectivity index (χ1) is 11.8. The molecule has 0 aromatic heterocycles. The molecule has 2 N–H and O–H groups in total. The minimum Gasteiger partial charge on any atom is -0.379 e. The SMILES string of the molecule is CCCCOC[C@H]1OC[C@@H](CN)[C@@H](OCCCC)[C@H]1OCCCC. The lowest BCUT2D eigenvalue weighted by atomic mass is 9.92. The molecule has 4 atom stereocenters. The standard InChI is InChI=1S/C19H39NO4/c1-4-7-10-21-15-17-19(23-12-9-6-3)18(22-11-8-5-2)16(13-20)14-24-17/h16-19H,4-15,20H2,1-3H3/t16-,17-,18-,19+/m1/s1. The van der Waals surface area contributed by atoms with E-state index in [9.17, 15) is 0 Å². The van der Waals surface area contributed by atoms with E-state index >= 15 is 0 Å². The molecule has 144 valence electrons. The van der Waals surface area contributed by atoms with E-state index in [0.29, 0.717) is 19.8 Å². The van der Waals surface area contributed by atoms with Crippen molar-refractivity contribution in [2.75, 3.05) is 39.6 Å². The Morgan fingerprint density at radius 1 is 0.875 bits per heavy atom. The molecule has 1 rings (SSSR count). The Morgan fingerprint density at radius 3 is 2.04 bits per heavy atom. The number of rotatable bonds is 14. The Labute approximate surface area is 148 Å². The van der Waals surface area contributed by atoms with Gasteiger partial charge in [0.2, 0.25) is 0 Å². The first-order valence-electron chi connectivity index (χ1n) is 9.90. The fraction of sp³-hybridized carbons (Fsp3) is 1.00. The third-order valence-electron chi connectivity index (χ3n) is 4.52. The molecule has 0 aromatic carbocycles. The van der Waals surface area contributed by atoms with Crippen LogP contribution in [0.25, 0.3) is 0 Å². The fourth-order valence-electron chi connectivity index (χ4n) is 2.87. The molecule has 0 radical (unpaired) electrons. The topological polar surface area (TPSA) is 62.9 Å². The summed E-state index contributed by atoms with van der Waals surface area (Å²) in [5, 5.41) is 0. The number of hydrogen-bond acceptors (Lipinski definition) is 5. The van der Waals surface area contributed by atoms with Gasteiger partial charge >= 0.3 is 0 Å². The summed E-state index contributed by atoms with van der Waals surface area (Å²) in [7, 11) is 0. The third kappa shape index (κ3) is 7.79. The quantitative estimate of drug-likeness (QED) is 0.490. The summed E-state index contributed by atoms with van der Waals surface area (Å²) >= 11 is 0. The maximum Gasteiger partial charge on any atom is 0.112 e. The molecule has 24 heavy (non-hydrogen) atoms. The van der Waals surface area contributed by atoms with Crippen LogP contribution in [0.15, 0.2) is 0 Å². The maximum absolute atomic E-state index is 6.19. The Morgan fingerprint density at radius 2 is 1.46 bits per heavy atom. The van der Waals surface area contributed by atoms with Crippen molar-refractivity contribution in [3.8, 4) is 0 Å². The van der Waals surface area contributed by atoms with E-state index in [2.05, 4.69) is 20.8 Å². The molecule has 0 amide bonds. The van der Waals surface area contributed by atoms with Crippen LogP contribution in [0, 0.1) is 5.92 Å². The number of unbranched alkanes of at least 4 members (excludes halogenated alkanes) is 3.